The third-order valence-corrected chi connectivity index (χ3v) is 2.70. The summed E-state index contributed by atoms with van der Waals surface area (Å²) in [5, 5.41) is 2.92. The van der Waals surface area contributed by atoms with Crippen LogP contribution in [0.4, 0.5) is 0 Å². The van der Waals surface area contributed by atoms with Crippen molar-refractivity contribution >= 4 is 5.91 Å². The van der Waals surface area contributed by atoms with Gasteiger partial charge in [0.2, 0.25) is 0 Å². The number of hydrogen-bond acceptors (Lipinski definition) is 3. The molecular weight excluding hydrogens is 204 g/mol. The highest BCUT2D eigenvalue weighted by atomic mass is 16.5. The quantitative estimate of drug-likeness (QED) is 0.711. The van der Waals surface area contributed by atoms with Crippen LogP contribution in [0.15, 0.2) is 24.1 Å². The number of nitrogens with one attached hydrogen (secondary N) is 1. The molecular formula is C12H20N2O2. The molecule has 0 aliphatic carbocycles. The fraction of sp³-hybridized carbons (Fsp3) is 0.583. The number of likely N-dealkylation sites (N-methyl/N-ethyl adjacent to an activating group) is 2. The van der Waals surface area contributed by atoms with E-state index in [9.17, 15) is 4.79 Å². The lowest BCUT2D eigenvalue weighted by Crippen LogP contribution is -2.36. The lowest BCUT2D eigenvalue weighted by Gasteiger charge is -2.25. The highest BCUT2D eigenvalue weighted by Crippen LogP contribution is 2.28. The second kappa shape index (κ2) is 5.05. The third kappa shape index (κ3) is 2.05. The second-order valence-electron chi connectivity index (χ2n) is 4.19. The first kappa shape index (κ1) is 12.6. The van der Waals surface area contributed by atoms with Gasteiger partial charge >= 0.3 is 0 Å². The minimum Gasteiger partial charge on any atom is -0.489 e. The molecule has 0 spiro atoms. The summed E-state index contributed by atoms with van der Waals surface area (Å²) in [6.45, 7) is 8.18. The standard InChI is InChI=1S/C12H20N2O2/c1-6-7-16-11-9(13-4)12(15)14(5)10(11)8(2)3/h6,8,10,13H,1,7H2,2-5H3/t10-/m1/s1. The third-order valence-electron chi connectivity index (χ3n) is 2.70. The average Bonchev–Trinajstić information content (AvgIpc) is 2.48. The van der Waals surface area contributed by atoms with Gasteiger partial charge in [0.25, 0.3) is 5.91 Å². The second-order valence-corrected chi connectivity index (χ2v) is 4.19. The first-order chi connectivity index (χ1) is 7.54. The number of hydrogen-bond donors (Lipinski definition) is 1. The summed E-state index contributed by atoms with van der Waals surface area (Å²) in [6, 6.07) is 0.00917. The van der Waals surface area contributed by atoms with Crippen molar-refractivity contribution in [3.63, 3.8) is 0 Å². The van der Waals surface area contributed by atoms with Crippen molar-refractivity contribution < 1.29 is 9.53 Å². The van der Waals surface area contributed by atoms with Gasteiger partial charge in [0, 0.05) is 14.1 Å². The zero-order valence-electron chi connectivity index (χ0n) is 10.4. The summed E-state index contributed by atoms with van der Waals surface area (Å²) in [5.74, 6) is 1.03. The number of amides is 1. The van der Waals surface area contributed by atoms with Crippen molar-refractivity contribution in [1.82, 2.24) is 10.2 Å². The van der Waals surface area contributed by atoms with Crippen LogP contribution >= 0.6 is 0 Å². The number of rotatable bonds is 5. The molecule has 0 aromatic heterocycles. The molecule has 0 saturated heterocycles. The Morgan fingerprint density at radius 2 is 2.25 bits per heavy atom. The van der Waals surface area contributed by atoms with Gasteiger partial charge < -0.3 is 15.0 Å². The van der Waals surface area contributed by atoms with Crippen molar-refractivity contribution in [2.45, 2.75) is 19.9 Å². The normalized spacial score (nSPS) is 20.7. The first-order valence-electron chi connectivity index (χ1n) is 5.47. The number of carbonyl (C=O) groups excluding carboxylic acids is 1. The Balaban J connectivity index is 3.03. The lowest BCUT2D eigenvalue weighted by atomic mass is 10.0. The van der Waals surface area contributed by atoms with Crippen molar-refractivity contribution in [3.8, 4) is 0 Å². The molecule has 1 heterocycles. The van der Waals surface area contributed by atoms with Gasteiger partial charge in [-0.25, -0.2) is 0 Å². The van der Waals surface area contributed by atoms with Crippen LogP contribution in [0.2, 0.25) is 0 Å². The smallest absolute Gasteiger partial charge is 0.273 e. The van der Waals surface area contributed by atoms with Crippen LogP contribution in [0.1, 0.15) is 13.8 Å². The van der Waals surface area contributed by atoms with Crippen molar-refractivity contribution in [2.24, 2.45) is 5.92 Å². The van der Waals surface area contributed by atoms with E-state index in [4.69, 9.17) is 4.74 Å². The molecule has 0 saturated carbocycles. The van der Waals surface area contributed by atoms with Crippen LogP contribution in [0.5, 0.6) is 0 Å². The van der Waals surface area contributed by atoms with Crippen molar-refractivity contribution in [2.75, 3.05) is 20.7 Å². The molecule has 0 unspecified atom stereocenters. The van der Waals surface area contributed by atoms with Gasteiger partial charge in [0.15, 0.2) is 0 Å². The number of ether oxygens (including phenoxy) is 1. The summed E-state index contributed by atoms with van der Waals surface area (Å²) in [6.07, 6.45) is 1.68. The summed E-state index contributed by atoms with van der Waals surface area (Å²) in [4.78, 5) is 13.6. The van der Waals surface area contributed by atoms with E-state index in [1.807, 2.05) is 0 Å². The topological polar surface area (TPSA) is 41.6 Å². The maximum atomic E-state index is 11.9. The molecule has 1 aliphatic rings. The molecule has 90 valence electrons. The van der Waals surface area contributed by atoms with Crippen LogP contribution in [0, 0.1) is 5.92 Å². The molecule has 0 aromatic rings. The Labute approximate surface area is 97.0 Å². The average molecular weight is 224 g/mol. The predicted octanol–water partition coefficient (Wildman–Crippen LogP) is 1.12. The molecule has 1 amide bonds. The van der Waals surface area contributed by atoms with Gasteiger partial charge in [-0.05, 0) is 5.92 Å². The monoisotopic (exact) mass is 224 g/mol. The Bertz CT molecular complexity index is 321. The Morgan fingerprint density at radius 3 is 2.69 bits per heavy atom. The maximum Gasteiger partial charge on any atom is 0.273 e. The van der Waals surface area contributed by atoms with Crippen LogP contribution < -0.4 is 5.32 Å². The predicted molar refractivity (Wildman–Crippen MR) is 63.6 cm³/mol. The highest BCUT2D eigenvalue weighted by Gasteiger charge is 2.39. The van der Waals surface area contributed by atoms with Crippen molar-refractivity contribution in [1.29, 1.82) is 0 Å². The largest absolute Gasteiger partial charge is 0.489 e. The van der Waals surface area contributed by atoms with E-state index in [1.165, 1.54) is 0 Å². The summed E-state index contributed by atoms with van der Waals surface area (Å²) < 4.78 is 5.61. The van der Waals surface area contributed by atoms with Crippen LogP contribution in [-0.4, -0.2) is 37.6 Å². The maximum absolute atomic E-state index is 11.9. The van der Waals surface area contributed by atoms with Crippen molar-refractivity contribution in [3.05, 3.63) is 24.1 Å². The van der Waals surface area contributed by atoms with Gasteiger partial charge in [-0.1, -0.05) is 26.5 Å². The van der Waals surface area contributed by atoms with Crippen LogP contribution in [0.25, 0.3) is 0 Å². The molecule has 1 aliphatic heterocycles. The van der Waals surface area contributed by atoms with E-state index < -0.39 is 0 Å². The van der Waals surface area contributed by atoms with E-state index in [0.29, 0.717) is 18.2 Å². The van der Waals surface area contributed by atoms with E-state index in [-0.39, 0.29) is 11.9 Å². The molecule has 4 nitrogen and oxygen atoms in total. The van der Waals surface area contributed by atoms with E-state index >= 15 is 0 Å². The Hall–Kier alpha value is -1.45. The highest BCUT2D eigenvalue weighted by molar-refractivity contribution is 5.96. The van der Waals surface area contributed by atoms with Crippen LogP contribution in [-0.2, 0) is 9.53 Å². The van der Waals surface area contributed by atoms with E-state index in [2.05, 4.69) is 25.7 Å². The lowest BCUT2D eigenvalue weighted by molar-refractivity contribution is -0.126. The molecule has 16 heavy (non-hydrogen) atoms. The van der Waals surface area contributed by atoms with Gasteiger partial charge in [0.1, 0.15) is 18.1 Å². The minimum atomic E-state index is -0.0136. The molecule has 0 bridgehead atoms. The van der Waals surface area contributed by atoms with E-state index in [0.717, 1.165) is 5.76 Å². The van der Waals surface area contributed by atoms with E-state index in [1.54, 1.807) is 25.1 Å². The molecule has 1 rings (SSSR count). The number of carbonyl (C=O) groups is 1. The first-order valence-corrected chi connectivity index (χ1v) is 5.47. The Kier molecular flexibility index (Phi) is 3.99. The fourth-order valence-electron chi connectivity index (χ4n) is 2.02. The van der Waals surface area contributed by atoms with Gasteiger partial charge in [-0.15, -0.1) is 0 Å². The molecule has 1 atom stereocenters. The summed E-state index contributed by atoms with van der Waals surface area (Å²) >= 11 is 0. The SMILES string of the molecule is C=CCOC1=C(NC)C(=O)N(C)[C@@H]1C(C)C. The molecule has 0 radical (unpaired) electrons. The zero-order valence-corrected chi connectivity index (χ0v) is 10.4. The van der Waals surface area contributed by atoms with Gasteiger partial charge in [-0.2, -0.15) is 0 Å². The fourth-order valence-corrected chi connectivity index (χ4v) is 2.02. The minimum absolute atomic E-state index is 0.00917. The molecule has 4 heteroatoms. The van der Waals surface area contributed by atoms with Crippen LogP contribution in [0.3, 0.4) is 0 Å². The summed E-state index contributed by atoms with van der Waals surface area (Å²) in [7, 11) is 3.54. The van der Waals surface area contributed by atoms with Gasteiger partial charge in [-0.3, -0.25) is 4.79 Å². The molecule has 0 aromatic carbocycles. The molecule has 0 fully saturated rings. The summed E-state index contributed by atoms with van der Waals surface area (Å²) in [5.41, 5.74) is 0.558. The number of nitrogens with zero attached hydrogens (tertiary/aromatic N) is 1. The molecule has 1 N–H and O–H groups in total. The zero-order chi connectivity index (χ0) is 12.3. The Morgan fingerprint density at radius 1 is 1.62 bits per heavy atom. The van der Waals surface area contributed by atoms with Gasteiger partial charge in [0.05, 0.1) is 6.04 Å².